The van der Waals surface area contributed by atoms with Crippen LogP contribution in [0.3, 0.4) is 0 Å². The lowest BCUT2D eigenvalue weighted by molar-refractivity contribution is -0.133. The van der Waals surface area contributed by atoms with Crippen LogP contribution < -0.4 is 4.90 Å². The molecule has 1 amide bonds. The largest absolute Gasteiger partial charge is 0.347 e. The van der Waals surface area contributed by atoms with E-state index in [0.717, 1.165) is 56.4 Å². The summed E-state index contributed by atoms with van der Waals surface area (Å²) in [5.41, 5.74) is 1.35. The van der Waals surface area contributed by atoms with Crippen molar-refractivity contribution in [1.29, 1.82) is 0 Å². The molecular formula is C19H26N4OS2. The Bertz CT molecular complexity index is 761. The molecule has 0 atom stereocenters. The van der Waals surface area contributed by atoms with Crippen molar-refractivity contribution in [3.63, 3.8) is 0 Å². The van der Waals surface area contributed by atoms with Gasteiger partial charge in [0.2, 0.25) is 11.0 Å². The van der Waals surface area contributed by atoms with Crippen LogP contribution >= 0.6 is 22.9 Å². The molecule has 0 aliphatic carbocycles. The van der Waals surface area contributed by atoms with Crippen molar-refractivity contribution in [2.45, 2.75) is 52.0 Å². The molecule has 26 heavy (non-hydrogen) atoms. The molecule has 2 aliphatic rings. The molecule has 0 radical (unpaired) electrons. The van der Waals surface area contributed by atoms with Gasteiger partial charge in [0.25, 0.3) is 0 Å². The molecule has 7 heteroatoms. The monoisotopic (exact) mass is 390 g/mol. The normalized spacial score (nSPS) is 18.4. The van der Waals surface area contributed by atoms with Gasteiger partial charge in [-0.1, -0.05) is 13.8 Å². The van der Waals surface area contributed by atoms with Gasteiger partial charge in [0.05, 0.1) is 0 Å². The zero-order chi connectivity index (χ0) is 18.1. The fraction of sp³-hybridized carbons (Fsp3) is 0.632. The molecule has 4 heterocycles. The Kier molecular flexibility index (Phi) is 5.27. The fourth-order valence-electron chi connectivity index (χ4n) is 3.76. The first-order chi connectivity index (χ1) is 12.6. The van der Waals surface area contributed by atoms with Crippen molar-refractivity contribution in [2.75, 3.05) is 24.5 Å². The molecule has 0 bridgehead atoms. The highest BCUT2D eigenvalue weighted by molar-refractivity contribution is 7.10. The average molecular weight is 391 g/mol. The van der Waals surface area contributed by atoms with Crippen LogP contribution in [-0.4, -0.2) is 39.8 Å². The standard InChI is InChI=1S/C19H26N4OS2/c1-13(2)18-20-19(26-21-18)22-7-3-14(4-8-22)11-17(24)23-9-5-16-15(12-23)6-10-25-16/h6,10,13-14H,3-5,7-9,11-12H2,1-2H3. The highest BCUT2D eigenvalue weighted by atomic mass is 32.1. The first kappa shape index (κ1) is 17.9. The lowest BCUT2D eigenvalue weighted by Crippen LogP contribution is -2.39. The zero-order valence-corrected chi connectivity index (χ0v) is 17.1. The molecule has 0 saturated carbocycles. The van der Waals surface area contributed by atoms with Crippen LogP contribution in [0.4, 0.5) is 5.13 Å². The minimum Gasteiger partial charge on any atom is -0.347 e. The number of anilines is 1. The van der Waals surface area contributed by atoms with Crippen molar-refractivity contribution in [3.8, 4) is 0 Å². The maximum absolute atomic E-state index is 12.7. The molecule has 1 fully saturated rings. The summed E-state index contributed by atoms with van der Waals surface area (Å²) in [6, 6.07) is 2.17. The van der Waals surface area contributed by atoms with E-state index in [2.05, 4.69) is 44.5 Å². The van der Waals surface area contributed by atoms with Gasteiger partial charge in [-0.3, -0.25) is 4.79 Å². The number of fused-ring (bicyclic) bond motifs is 1. The van der Waals surface area contributed by atoms with E-state index in [4.69, 9.17) is 0 Å². The molecule has 0 N–H and O–H groups in total. The minimum absolute atomic E-state index is 0.332. The second-order valence-electron chi connectivity index (χ2n) is 7.66. The summed E-state index contributed by atoms with van der Waals surface area (Å²) in [7, 11) is 0. The fourth-order valence-corrected chi connectivity index (χ4v) is 5.50. The van der Waals surface area contributed by atoms with Crippen LogP contribution in [0, 0.1) is 5.92 Å². The van der Waals surface area contributed by atoms with Crippen LogP contribution in [0.2, 0.25) is 0 Å². The number of amides is 1. The zero-order valence-electron chi connectivity index (χ0n) is 15.5. The summed E-state index contributed by atoms with van der Waals surface area (Å²) < 4.78 is 4.46. The third kappa shape index (κ3) is 3.78. The molecule has 2 aromatic heterocycles. The SMILES string of the molecule is CC(C)c1nsc(N2CCC(CC(=O)N3CCc4sccc4C3)CC2)n1. The highest BCUT2D eigenvalue weighted by Crippen LogP contribution is 2.29. The van der Waals surface area contributed by atoms with E-state index in [1.165, 1.54) is 22.0 Å². The van der Waals surface area contributed by atoms with Gasteiger partial charge in [0.15, 0.2) is 0 Å². The van der Waals surface area contributed by atoms with Crippen molar-refractivity contribution in [1.82, 2.24) is 14.3 Å². The lowest BCUT2D eigenvalue weighted by atomic mass is 9.93. The summed E-state index contributed by atoms with van der Waals surface area (Å²) in [6.07, 6.45) is 3.85. The van der Waals surface area contributed by atoms with E-state index >= 15 is 0 Å². The third-order valence-electron chi connectivity index (χ3n) is 5.46. The van der Waals surface area contributed by atoms with E-state index < -0.39 is 0 Å². The van der Waals surface area contributed by atoms with Crippen molar-refractivity contribution in [3.05, 3.63) is 27.7 Å². The summed E-state index contributed by atoms with van der Waals surface area (Å²) in [6.45, 7) is 7.92. The van der Waals surface area contributed by atoms with E-state index in [-0.39, 0.29) is 0 Å². The molecule has 5 nitrogen and oxygen atoms in total. The molecule has 0 spiro atoms. The molecule has 0 unspecified atom stereocenters. The average Bonchev–Trinajstić information content (AvgIpc) is 3.31. The maximum atomic E-state index is 12.7. The Balaban J connectivity index is 1.28. The summed E-state index contributed by atoms with van der Waals surface area (Å²) in [5.74, 6) is 2.15. The van der Waals surface area contributed by atoms with Gasteiger partial charge in [0, 0.05) is 54.9 Å². The van der Waals surface area contributed by atoms with Crippen molar-refractivity contribution >= 4 is 33.9 Å². The molecule has 2 aromatic rings. The predicted octanol–water partition coefficient (Wildman–Crippen LogP) is 3.91. The van der Waals surface area contributed by atoms with Gasteiger partial charge < -0.3 is 9.80 Å². The summed E-state index contributed by atoms with van der Waals surface area (Å²) >= 11 is 3.33. The lowest BCUT2D eigenvalue weighted by Gasteiger charge is -2.33. The molecule has 1 saturated heterocycles. The number of carbonyl (C=O) groups excluding carboxylic acids is 1. The number of carbonyl (C=O) groups is 1. The highest BCUT2D eigenvalue weighted by Gasteiger charge is 2.27. The summed E-state index contributed by atoms with van der Waals surface area (Å²) in [4.78, 5) is 23.2. The number of thiophene rings is 1. The van der Waals surface area contributed by atoms with Crippen LogP contribution in [0.15, 0.2) is 11.4 Å². The number of rotatable bonds is 4. The molecular weight excluding hydrogens is 364 g/mol. The van der Waals surface area contributed by atoms with Gasteiger partial charge in [-0.25, -0.2) is 4.98 Å². The number of hydrogen-bond donors (Lipinski definition) is 0. The third-order valence-corrected chi connectivity index (χ3v) is 7.27. The van der Waals surface area contributed by atoms with Crippen LogP contribution in [0.5, 0.6) is 0 Å². The van der Waals surface area contributed by atoms with Crippen molar-refractivity contribution in [2.24, 2.45) is 5.92 Å². The summed E-state index contributed by atoms with van der Waals surface area (Å²) in [5, 5.41) is 3.19. The van der Waals surface area contributed by atoms with Crippen LogP contribution in [0.1, 0.15) is 55.3 Å². The van der Waals surface area contributed by atoms with Crippen molar-refractivity contribution < 1.29 is 4.79 Å². The Morgan fingerprint density at radius 3 is 2.85 bits per heavy atom. The molecule has 0 aromatic carbocycles. The van der Waals surface area contributed by atoms with E-state index in [0.29, 0.717) is 24.2 Å². The predicted molar refractivity (Wildman–Crippen MR) is 107 cm³/mol. The Morgan fingerprint density at radius 2 is 2.12 bits per heavy atom. The van der Waals surface area contributed by atoms with Gasteiger partial charge in [0.1, 0.15) is 5.82 Å². The van der Waals surface area contributed by atoms with Gasteiger partial charge in [-0.15, -0.1) is 11.3 Å². The Hall–Kier alpha value is -1.47. The Morgan fingerprint density at radius 1 is 1.31 bits per heavy atom. The molecule has 4 rings (SSSR count). The first-order valence-corrected chi connectivity index (χ1v) is 11.2. The second-order valence-corrected chi connectivity index (χ2v) is 9.39. The molecule has 2 aliphatic heterocycles. The second kappa shape index (κ2) is 7.64. The van der Waals surface area contributed by atoms with E-state index in [9.17, 15) is 4.79 Å². The quantitative estimate of drug-likeness (QED) is 0.794. The van der Waals surface area contributed by atoms with Crippen LogP contribution in [-0.2, 0) is 17.8 Å². The minimum atomic E-state index is 0.332. The maximum Gasteiger partial charge on any atom is 0.223 e. The number of hydrogen-bond acceptors (Lipinski definition) is 6. The van der Waals surface area contributed by atoms with Crippen LogP contribution in [0.25, 0.3) is 0 Å². The number of nitrogens with zero attached hydrogens (tertiary/aromatic N) is 4. The van der Waals surface area contributed by atoms with Gasteiger partial charge >= 0.3 is 0 Å². The smallest absolute Gasteiger partial charge is 0.223 e. The number of piperidine rings is 1. The topological polar surface area (TPSA) is 49.3 Å². The first-order valence-electron chi connectivity index (χ1n) is 9.51. The number of aromatic nitrogens is 2. The molecule has 140 valence electrons. The van der Waals surface area contributed by atoms with Gasteiger partial charge in [-0.2, -0.15) is 4.37 Å². The van der Waals surface area contributed by atoms with E-state index in [1.54, 1.807) is 0 Å². The Labute approximate surface area is 163 Å². The van der Waals surface area contributed by atoms with Gasteiger partial charge in [-0.05, 0) is 42.2 Å². The van der Waals surface area contributed by atoms with E-state index in [1.807, 2.05) is 11.3 Å².